The molecule has 30 heavy (non-hydrogen) atoms. The van der Waals surface area contributed by atoms with Gasteiger partial charge in [0.2, 0.25) is 0 Å². The van der Waals surface area contributed by atoms with Crippen LogP contribution in [0.5, 0.6) is 0 Å². The van der Waals surface area contributed by atoms with Crippen molar-refractivity contribution < 1.29 is 0 Å². The first kappa shape index (κ1) is 26.7. The van der Waals surface area contributed by atoms with Crippen LogP contribution in [0.15, 0.2) is 29.3 Å². The van der Waals surface area contributed by atoms with Crippen LogP contribution in [-0.2, 0) is 13.5 Å². The molecule has 1 heterocycles. The lowest BCUT2D eigenvalue weighted by Gasteiger charge is -2.31. The molecule has 1 aromatic carbocycles. The van der Waals surface area contributed by atoms with Crippen molar-refractivity contribution in [2.24, 2.45) is 12.0 Å². The minimum atomic E-state index is 0. The van der Waals surface area contributed by atoms with E-state index in [4.69, 9.17) is 11.6 Å². The summed E-state index contributed by atoms with van der Waals surface area (Å²) in [5.74, 6) is 0.799. The molecule has 0 aliphatic carbocycles. The largest absolute Gasteiger partial charge is 0.356 e. The first-order chi connectivity index (χ1) is 13.9. The molecule has 2 rings (SSSR count). The number of hydrogen-bond acceptors (Lipinski definition) is 3. The second kappa shape index (κ2) is 13.2. The fourth-order valence-electron chi connectivity index (χ4n) is 3.74. The van der Waals surface area contributed by atoms with Gasteiger partial charge < -0.3 is 10.6 Å². The normalized spacial score (nSPS) is 12.6. The summed E-state index contributed by atoms with van der Waals surface area (Å²) in [6.45, 7) is 12.0. The van der Waals surface area contributed by atoms with Crippen LogP contribution in [0.4, 0.5) is 0 Å². The maximum atomic E-state index is 6.50. The van der Waals surface area contributed by atoms with Crippen molar-refractivity contribution >= 4 is 41.5 Å². The van der Waals surface area contributed by atoms with Crippen molar-refractivity contribution in [3.05, 3.63) is 51.8 Å². The van der Waals surface area contributed by atoms with E-state index in [1.54, 1.807) is 7.05 Å². The van der Waals surface area contributed by atoms with Crippen molar-refractivity contribution in [3.8, 4) is 0 Å². The Morgan fingerprint density at radius 3 is 2.40 bits per heavy atom. The molecule has 0 spiro atoms. The third kappa shape index (κ3) is 6.85. The number of nitrogens with one attached hydrogen (secondary N) is 2. The van der Waals surface area contributed by atoms with Gasteiger partial charge >= 0.3 is 0 Å². The molecule has 0 aliphatic rings. The highest BCUT2D eigenvalue weighted by Crippen LogP contribution is 2.26. The van der Waals surface area contributed by atoms with Crippen LogP contribution >= 0.6 is 35.6 Å². The lowest BCUT2D eigenvalue weighted by Crippen LogP contribution is -2.43. The molecule has 0 fully saturated rings. The molecule has 0 saturated carbocycles. The van der Waals surface area contributed by atoms with Gasteiger partial charge in [0.25, 0.3) is 0 Å². The number of halogens is 2. The van der Waals surface area contributed by atoms with Crippen LogP contribution in [0.3, 0.4) is 0 Å². The summed E-state index contributed by atoms with van der Waals surface area (Å²) in [5, 5.41) is 12.2. The molecule has 8 heteroatoms. The van der Waals surface area contributed by atoms with Crippen molar-refractivity contribution in [3.63, 3.8) is 0 Å². The highest BCUT2D eigenvalue weighted by Gasteiger charge is 2.20. The van der Waals surface area contributed by atoms with Crippen LogP contribution in [0.25, 0.3) is 0 Å². The van der Waals surface area contributed by atoms with Crippen LogP contribution < -0.4 is 10.6 Å². The molecule has 6 nitrogen and oxygen atoms in total. The molecule has 2 N–H and O–H groups in total. The Balaban J connectivity index is 0.00000450. The molecule has 0 amide bonds. The quantitative estimate of drug-likeness (QED) is 0.283. The summed E-state index contributed by atoms with van der Waals surface area (Å²) in [6.07, 6.45) is 0.913. The van der Waals surface area contributed by atoms with Gasteiger partial charge in [-0.05, 0) is 50.6 Å². The number of benzene rings is 1. The second-order valence-corrected chi connectivity index (χ2v) is 7.57. The number of aromatic nitrogens is 2. The fraction of sp³-hybridized carbons (Fsp3) is 0.545. The minimum absolute atomic E-state index is 0. The SMILES string of the molecule is CCN(CC)C(CNC(=NC)NCCc1c(C)nn(C)c1C)c1ccccc1Cl.I. The summed E-state index contributed by atoms with van der Waals surface area (Å²) in [5.41, 5.74) is 4.75. The zero-order valence-electron chi connectivity index (χ0n) is 19.0. The van der Waals surface area contributed by atoms with E-state index >= 15 is 0 Å². The Kier molecular flexibility index (Phi) is 11.7. The summed E-state index contributed by atoms with van der Waals surface area (Å²) < 4.78 is 1.94. The van der Waals surface area contributed by atoms with E-state index in [1.165, 1.54) is 11.3 Å². The maximum Gasteiger partial charge on any atom is 0.191 e. The molecule has 1 atom stereocenters. The van der Waals surface area contributed by atoms with E-state index in [0.717, 1.165) is 54.8 Å². The average Bonchev–Trinajstić information content (AvgIpc) is 2.96. The van der Waals surface area contributed by atoms with Gasteiger partial charge in [-0.3, -0.25) is 14.6 Å². The maximum absolute atomic E-state index is 6.50. The van der Waals surface area contributed by atoms with Crippen molar-refractivity contribution in [1.29, 1.82) is 0 Å². The predicted molar refractivity (Wildman–Crippen MR) is 138 cm³/mol. The van der Waals surface area contributed by atoms with E-state index in [1.807, 2.05) is 29.9 Å². The van der Waals surface area contributed by atoms with Gasteiger partial charge in [0, 0.05) is 37.9 Å². The van der Waals surface area contributed by atoms with Gasteiger partial charge in [0.05, 0.1) is 11.7 Å². The van der Waals surface area contributed by atoms with Gasteiger partial charge in [-0.25, -0.2) is 0 Å². The average molecular weight is 547 g/mol. The highest BCUT2D eigenvalue weighted by atomic mass is 127. The molecular weight excluding hydrogens is 511 g/mol. The van der Waals surface area contributed by atoms with Gasteiger partial charge in [-0.2, -0.15) is 5.10 Å². The highest BCUT2D eigenvalue weighted by molar-refractivity contribution is 14.0. The number of aliphatic imine (C=N–C) groups is 1. The van der Waals surface area contributed by atoms with Gasteiger partial charge in [0.1, 0.15) is 0 Å². The Hall–Kier alpha value is -1.32. The second-order valence-electron chi connectivity index (χ2n) is 7.16. The first-order valence-corrected chi connectivity index (χ1v) is 10.7. The van der Waals surface area contributed by atoms with E-state index in [0.29, 0.717) is 0 Å². The Morgan fingerprint density at radius 1 is 1.20 bits per heavy atom. The fourth-order valence-corrected chi connectivity index (χ4v) is 4.01. The van der Waals surface area contributed by atoms with E-state index in [9.17, 15) is 0 Å². The number of guanidine groups is 1. The summed E-state index contributed by atoms with van der Waals surface area (Å²) in [7, 11) is 3.79. The monoisotopic (exact) mass is 546 g/mol. The lowest BCUT2D eigenvalue weighted by atomic mass is 10.0. The molecule has 0 saturated heterocycles. The molecule has 168 valence electrons. The summed E-state index contributed by atoms with van der Waals surface area (Å²) in [4.78, 5) is 6.80. The van der Waals surface area contributed by atoms with Gasteiger partial charge in [-0.1, -0.05) is 43.6 Å². The zero-order chi connectivity index (χ0) is 21.4. The standard InChI is InChI=1S/C22H35ClN6.HI/c1-7-29(8-2)21(19-11-9-10-12-20(19)23)15-26-22(24-5)25-14-13-18-16(3)27-28(6)17(18)4;/h9-12,21H,7-8,13-15H2,1-6H3,(H2,24,25,26);1H. The Bertz CT molecular complexity index is 816. The van der Waals surface area contributed by atoms with E-state index in [2.05, 4.69) is 59.4 Å². The Morgan fingerprint density at radius 2 is 1.87 bits per heavy atom. The number of nitrogens with zero attached hydrogens (tertiary/aromatic N) is 4. The number of aryl methyl sites for hydroxylation is 2. The molecule has 0 radical (unpaired) electrons. The van der Waals surface area contributed by atoms with Crippen LogP contribution in [-0.4, -0.2) is 53.9 Å². The lowest BCUT2D eigenvalue weighted by molar-refractivity contribution is 0.219. The molecule has 0 bridgehead atoms. The molecular formula is C22H36ClIN6. The summed E-state index contributed by atoms with van der Waals surface area (Å²) >= 11 is 6.50. The number of rotatable bonds is 9. The van der Waals surface area contributed by atoms with E-state index in [-0.39, 0.29) is 30.0 Å². The number of likely N-dealkylation sites (N-methyl/N-ethyl adjacent to an activating group) is 1. The summed E-state index contributed by atoms with van der Waals surface area (Å²) in [6, 6.07) is 8.26. The molecule has 1 aromatic heterocycles. The van der Waals surface area contributed by atoms with Crippen LogP contribution in [0.2, 0.25) is 5.02 Å². The number of hydrogen-bond donors (Lipinski definition) is 2. The smallest absolute Gasteiger partial charge is 0.191 e. The first-order valence-electron chi connectivity index (χ1n) is 10.3. The third-order valence-corrected chi connectivity index (χ3v) is 5.87. The Labute approximate surface area is 203 Å². The van der Waals surface area contributed by atoms with Gasteiger partial charge in [0.15, 0.2) is 5.96 Å². The molecule has 2 aromatic rings. The van der Waals surface area contributed by atoms with E-state index < -0.39 is 0 Å². The van der Waals surface area contributed by atoms with Crippen LogP contribution in [0.1, 0.15) is 42.4 Å². The molecule has 1 unspecified atom stereocenters. The van der Waals surface area contributed by atoms with Crippen molar-refractivity contribution in [1.82, 2.24) is 25.3 Å². The van der Waals surface area contributed by atoms with Gasteiger partial charge in [-0.15, -0.1) is 24.0 Å². The third-order valence-electron chi connectivity index (χ3n) is 5.53. The van der Waals surface area contributed by atoms with Crippen LogP contribution in [0, 0.1) is 13.8 Å². The topological polar surface area (TPSA) is 57.5 Å². The molecule has 0 aliphatic heterocycles. The van der Waals surface area contributed by atoms with Crippen molar-refractivity contribution in [2.45, 2.75) is 40.2 Å². The van der Waals surface area contributed by atoms with Crippen molar-refractivity contribution in [2.75, 3.05) is 33.2 Å². The zero-order valence-corrected chi connectivity index (χ0v) is 22.1. The predicted octanol–water partition coefficient (Wildman–Crippen LogP) is 4.10. The minimum Gasteiger partial charge on any atom is -0.356 e.